The van der Waals surface area contributed by atoms with Crippen molar-refractivity contribution < 1.29 is 62.0 Å². The van der Waals surface area contributed by atoms with Gasteiger partial charge in [0.1, 0.15) is 31.9 Å². The molecule has 0 amide bonds. The first kappa shape index (κ1) is 22.0. The van der Waals surface area contributed by atoms with Crippen LogP contribution in [-0.2, 0) is 47.5 Å². The van der Waals surface area contributed by atoms with E-state index in [-0.39, 0.29) is 27.3 Å². The summed E-state index contributed by atoms with van der Waals surface area (Å²) in [5.41, 5.74) is 0. The predicted molar refractivity (Wildman–Crippen MR) is 68.7 cm³/mol. The predicted octanol–water partition coefficient (Wildman–Crippen LogP) is 1.46. The Hall–Kier alpha value is -0.958. The summed E-state index contributed by atoms with van der Waals surface area (Å²) in [5, 5.41) is 0. The van der Waals surface area contributed by atoms with E-state index in [4.69, 9.17) is 0 Å². The van der Waals surface area contributed by atoms with Crippen LogP contribution in [0.1, 0.15) is 0 Å². The monoisotopic (exact) mass is 464 g/mol. The first-order valence-corrected chi connectivity index (χ1v) is 8.25. The van der Waals surface area contributed by atoms with Crippen molar-refractivity contribution in [1.82, 2.24) is 0 Å². The van der Waals surface area contributed by atoms with E-state index in [0.717, 1.165) is 48.5 Å². The third kappa shape index (κ3) is 7.92. The summed E-state index contributed by atoms with van der Waals surface area (Å²) in [6.07, 6.45) is 0. The second kappa shape index (κ2) is 8.77. The van der Waals surface area contributed by atoms with Crippen LogP contribution >= 0.6 is 0 Å². The van der Waals surface area contributed by atoms with Crippen LogP contribution in [0.25, 0.3) is 0 Å². The molecule has 0 bridgehead atoms. The zero-order valence-corrected chi connectivity index (χ0v) is 17.0. The molecule has 120 valence electrons. The molecule has 0 saturated heterocycles. The van der Waals surface area contributed by atoms with Gasteiger partial charge in [-0.3, -0.25) is 0 Å². The van der Waals surface area contributed by atoms with E-state index in [1.807, 2.05) is 0 Å². The number of benzene rings is 2. The van der Waals surface area contributed by atoms with Crippen LogP contribution in [0, 0.1) is 11.6 Å². The van der Waals surface area contributed by atoms with E-state index in [1.54, 1.807) is 0 Å². The Balaban J connectivity index is 0.000000403. The van der Waals surface area contributed by atoms with Crippen molar-refractivity contribution in [1.29, 1.82) is 0 Å². The Morgan fingerprint density at radius 1 is 0.609 bits per heavy atom. The number of halogens is 2. The molecular weight excluding hydrogens is 455 g/mol. The third-order valence-electron chi connectivity index (χ3n) is 2.20. The molecule has 0 radical (unpaired) electrons. The molecule has 0 N–H and O–H groups in total. The van der Waals surface area contributed by atoms with Crippen LogP contribution < -0.4 is 0 Å². The first-order chi connectivity index (χ1) is 10.00. The zero-order valence-electron chi connectivity index (χ0n) is 11.3. The minimum absolute atomic E-state index is 0. The Morgan fingerprint density at radius 3 is 1.00 bits per heavy atom. The number of rotatable bonds is 2. The molecule has 0 aliphatic carbocycles. The van der Waals surface area contributed by atoms with Gasteiger partial charge in [0.05, 0.1) is 9.79 Å². The largest absolute Gasteiger partial charge is 2.00 e. The van der Waals surface area contributed by atoms with Crippen LogP contribution in [0.15, 0.2) is 58.3 Å². The van der Waals surface area contributed by atoms with E-state index in [2.05, 4.69) is 0 Å². The van der Waals surface area contributed by atoms with Gasteiger partial charge in [0, 0.05) is 0 Å². The molecule has 0 spiro atoms. The van der Waals surface area contributed by atoms with Crippen LogP contribution in [0.4, 0.5) is 8.78 Å². The molecule has 0 saturated carbocycles. The minimum atomic E-state index is -4.44. The van der Waals surface area contributed by atoms with Crippen molar-refractivity contribution in [2.24, 2.45) is 0 Å². The van der Waals surface area contributed by atoms with Gasteiger partial charge < -0.3 is 9.11 Å². The summed E-state index contributed by atoms with van der Waals surface area (Å²) < 4.78 is 86.0. The van der Waals surface area contributed by atoms with Crippen LogP contribution in [0.3, 0.4) is 0 Å². The summed E-state index contributed by atoms with van der Waals surface area (Å²) >= 11 is 0. The average Bonchev–Trinajstić information content (AvgIpc) is 2.38. The van der Waals surface area contributed by atoms with Gasteiger partial charge in [0.15, 0.2) is 0 Å². The SMILES string of the molecule is O=S(=O)([O-])c1ccc(F)cc1.O=S(=O)([O-])c1ccc(F)cc1.[Cd+2]. The van der Waals surface area contributed by atoms with Gasteiger partial charge in [-0.1, -0.05) is 0 Å². The van der Waals surface area contributed by atoms with Crippen LogP contribution in [0.5, 0.6) is 0 Å². The van der Waals surface area contributed by atoms with E-state index in [1.165, 1.54) is 0 Å². The van der Waals surface area contributed by atoms with Crippen molar-refractivity contribution in [2.45, 2.75) is 9.79 Å². The molecule has 0 heterocycles. The molecule has 6 nitrogen and oxygen atoms in total. The molecule has 11 heteroatoms. The van der Waals surface area contributed by atoms with Gasteiger partial charge in [0.2, 0.25) is 0 Å². The fourth-order valence-electron chi connectivity index (χ4n) is 1.20. The van der Waals surface area contributed by atoms with Gasteiger partial charge in [-0.15, -0.1) is 0 Å². The summed E-state index contributed by atoms with van der Waals surface area (Å²) in [6, 6.07) is 7.40. The first-order valence-electron chi connectivity index (χ1n) is 5.43. The van der Waals surface area contributed by atoms with Crippen molar-refractivity contribution >= 4 is 20.2 Å². The van der Waals surface area contributed by atoms with Gasteiger partial charge in [-0.05, 0) is 48.5 Å². The second-order valence-electron chi connectivity index (χ2n) is 3.82. The molecule has 0 unspecified atom stereocenters. The zero-order chi connectivity index (χ0) is 17.0. The molecule has 2 aromatic carbocycles. The van der Waals surface area contributed by atoms with Crippen LogP contribution in [-0.4, -0.2) is 25.9 Å². The minimum Gasteiger partial charge on any atom is -0.744 e. The van der Waals surface area contributed by atoms with Crippen molar-refractivity contribution in [3.63, 3.8) is 0 Å². The standard InChI is InChI=1S/2C6H5FO3S.Cd/c2*7-5-1-3-6(4-2-5)11(8,9)10;/h2*1-4H,(H,8,9,10);/q;;+2/p-2. The number of hydrogen-bond donors (Lipinski definition) is 0. The Labute approximate surface area is 151 Å². The Kier molecular flexibility index (Phi) is 8.41. The fraction of sp³-hybridized carbons (Fsp3) is 0. The molecule has 0 aromatic heterocycles. The van der Waals surface area contributed by atoms with Crippen molar-refractivity contribution in [2.75, 3.05) is 0 Å². The Morgan fingerprint density at radius 2 is 0.826 bits per heavy atom. The number of hydrogen-bond acceptors (Lipinski definition) is 6. The molecule has 0 aliphatic heterocycles. The van der Waals surface area contributed by atoms with E-state index in [0.29, 0.717) is 0 Å². The second-order valence-corrected chi connectivity index (χ2v) is 6.58. The van der Waals surface area contributed by atoms with Crippen LogP contribution in [0.2, 0.25) is 0 Å². The summed E-state index contributed by atoms with van der Waals surface area (Å²) in [4.78, 5) is -0.835. The molecule has 0 atom stereocenters. The summed E-state index contributed by atoms with van der Waals surface area (Å²) in [7, 11) is -8.87. The van der Waals surface area contributed by atoms with Crippen molar-refractivity contribution in [3.05, 3.63) is 60.2 Å². The maximum atomic E-state index is 12.2. The topological polar surface area (TPSA) is 114 Å². The van der Waals surface area contributed by atoms with Gasteiger partial charge in [-0.2, -0.15) is 0 Å². The third-order valence-corrected chi connectivity index (χ3v) is 3.90. The van der Waals surface area contributed by atoms with E-state index < -0.39 is 41.7 Å². The average molecular weight is 463 g/mol. The smallest absolute Gasteiger partial charge is 0.744 e. The molecule has 23 heavy (non-hydrogen) atoms. The Bertz CT molecular complexity index is 761. The van der Waals surface area contributed by atoms with Crippen molar-refractivity contribution in [3.8, 4) is 0 Å². The van der Waals surface area contributed by atoms with Gasteiger partial charge >= 0.3 is 27.3 Å². The maximum absolute atomic E-state index is 12.2. The summed E-state index contributed by atoms with van der Waals surface area (Å²) in [6.45, 7) is 0. The normalized spacial score (nSPS) is 11.0. The maximum Gasteiger partial charge on any atom is 2.00 e. The molecule has 0 aliphatic rings. The van der Waals surface area contributed by atoms with E-state index >= 15 is 0 Å². The van der Waals surface area contributed by atoms with Gasteiger partial charge in [-0.25, -0.2) is 25.6 Å². The summed E-state index contributed by atoms with van der Waals surface area (Å²) in [5.74, 6) is -1.14. The fourth-order valence-corrected chi connectivity index (χ4v) is 2.14. The van der Waals surface area contributed by atoms with Gasteiger partial charge in [0.25, 0.3) is 0 Å². The molecule has 2 aromatic rings. The molecular formula is C12H8CdF2O6S2. The van der Waals surface area contributed by atoms with E-state index in [9.17, 15) is 34.7 Å². The quantitative estimate of drug-likeness (QED) is 0.493. The molecule has 0 fully saturated rings. The molecule has 2 rings (SSSR count).